The SMILES string of the molecule is CN(C)CCN1C(=O)c2ccc(-c3ccco3)n2CC1(C)C(=O)NC1CCCCC1. The number of carbonyl (C=O) groups excluding carboxylic acids is 2. The maximum atomic E-state index is 13.6. The van der Waals surface area contributed by atoms with Crippen molar-refractivity contribution in [1.29, 1.82) is 0 Å². The van der Waals surface area contributed by atoms with Crippen LogP contribution in [0.4, 0.5) is 0 Å². The third kappa shape index (κ3) is 3.78. The molecule has 1 atom stereocenters. The minimum atomic E-state index is -0.960. The van der Waals surface area contributed by atoms with Crippen LogP contribution in [-0.2, 0) is 11.3 Å². The highest BCUT2D eigenvalue weighted by atomic mass is 16.3. The van der Waals surface area contributed by atoms with Gasteiger partial charge in [-0.1, -0.05) is 19.3 Å². The summed E-state index contributed by atoms with van der Waals surface area (Å²) in [5.41, 5.74) is 0.466. The van der Waals surface area contributed by atoms with Crippen LogP contribution in [0.5, 0.6) is 0 Å². The number of fused-ring (bicyclic) bond motifs is 1. The summed E-state index contributed by atoms with van der Waals surface area (Å²) in [6.07, 6.45) is 7.18. The fourth-order valence-electron chi connectivity index (χ4n) is 4.65. The van der Waals surface area contributed by atoms with E-state index in [4.69, 9.17) is 4.42 Å². The maximum absolute atomic E-state index is 13.6. The van der Waals surface area contributed by atoms with Crippen LogP contribution in [-0.4, -0.2) is 64.9 Å². The monoisotopic (exact) mass is 412 g/mol. The number of furan rings is 1. The Morgan fingerprint density at radius 1 is 1.20 bits per heavy atom. The topological polar surface area (TPSA) is 70.7 Å². The third-order valence-corrected chi connectivity index (χ3v) is 6.48. The number of nitrogens with one attached hydrogen (secondary N) is 1. The van der Waals surface area contributed by atoms with Crippen molar-refractivity contribution >= 4 is 11.8 Å². The van der Waals surface area contributed by atoms with Crippen molar-refractivity contribution in [3.8, 4) is 11.5 Å². The predicted molar refractivity (Wildman–Crippen MR) is 115 cm³/mol. The molecule has 2 aromatic heterocycles. The van der Waals surface area contributed by atoms with Crippen molar-refractivity contribution in [3.63, 3.8) is 0 Å². The average Bonchev–Trinajstić information content (AvgIpc) is 3.38. The quantitative estimate of drug-likeness (QED) is 0.792. The molecule has 30 heavy (non-hydrogen) atoms. The molecule has 4 rings (SSSR count). The second-order valence-electron chi connectivity index (χ2n) is 9.01. The summed E-state index contributed by atoms with van der Waals surface area (Å²) in [6, 6.07) is 7.65. The van der Waals surface area contributed by atoms with Gasteiger partial charge in [0.1, 0.15) is 17.0 Å². The zero-order valence-electron chi connectivity index (χ0n) is 18.2. The number of amides is 2. The second kappa shape index (κ2) is 8.30. The number of hydrogen-bond acceptors (Lipinski definition) is 4. The number of hydrogen-bond donors (Lipinski definition) is 1. The third-order valence-electron chi connectivity index (χ3n) is 6.48. The number of likely N-dealkylation sites (N-methyl/N-ethyl adjacent to an activating group) is 1. The van der Waals surface area contributed by atoms with Crippen LogP contribution in [0.1, 0.15) is 49.5 Å². The van der Waals surface area contributed by atoms with Crippen molar-refractivity contribution < 1.29 is 14.0 Å². The van der Waals surface area contributed by atoms with Gasteiger partial charge in [0.2, 0.25) is 5.91 Å². The first-order chi connectivity index (χ1) is 14.4. The number of aromatic nitrogens is 1. The van der Waals surface area contributed by atoms with E-state index in [1.807, 2.05) is 54.8 Å². The van der Waals surface area contributed by atoms with Crippen molar-refractivity contribution in [2.24, 2.45) is 0 Å². The minimum Gasteiger partial charge on any atom is -0.463 e. The van der Waals surface area contributed by atoms with Crippen LogP contribution >= 0.6 is 0 Å². The molecule has 2 aliphatic rings. The minimum absolute atomic E-state index is 0.0637. The number of nitrogens with zero attached hydrogens (tertiary/aromatic N) is 3. The molecule has 1 fully saturated rings. The van der Waals surface area contributed by atoms with E-state index in [-0.39, 0.29) is 17.9 Å². The van der Waals surface area contributed by atoms with Crippen LogP contribution in [0, 0.1) is 0 Å². The maximum Gasteiger partial charge on any atom is 0.271 e. The molecule has 1 unspecified atom stereocenters. The van der Waals surface area contributed by atoms with Gasteiger partial charge in [-0.05, 0) is 58.1 Å². The average molecular weight is 413 g/mol. The van der Waals surface area contributed by atoms with Gasteiger partial charge in [-0.2, -0.15) is 0 Å². The summed E-state index contributed by atoms with van der Waals surface area (Å²) in [5, 5.41) is 3.26. The van der Waals surface area contributed by atoms with E-state index >= 15 is 0 Å². The molecule has 1 aliphatic carbocycles. The first-order valence-electron chi connectivity index (χ1n) is 10.9. The molecule has 7 heteroatoms. The Morgan fingerprint density at radius 3 is 2.60 bits per heavy atom. The van der Waals surface area contributed by atoms with Crippen molar-refractivity contribution in [2.45, 2.75) is 57.2 Å². The Labute approximate surface area is 178 Å². The highest BCUT2D eigenvalue weighted by molar-refractivity contribution is 6.00. The van der Waals surface area contributed by atoms with Crippen molar-refractivity contribution in [2.75, 3.05) is 27.2 Å². The summed E-state index contributed by atoms with van der Waals surface area (Å²) in [5.74, 6) is 0.527. The molecule has 0 spiro atoms. The van der Waals surface area contributed by atoms with Gasteiger partial charge in [-0.25, -0.2) is 0 Å². The zero-order chi connectivity index (χ0) is 21.3. The molecular weight excluding hydrogens is 380 g/mol. The van der Waals surface area contributed by atoms with E-state index in [1.54, 1.807) is 11.2 Å². The molecule has 0 saturated heterocycles. The first-order valence-corrected chi connectivity index (χ1v) is 10.9. The van der Waals surface area contributed by atoms with Gasteiger partial charge in [-0.3, -0.25) is 9.59 Å². The van der Waals surface area contributed by atoms with E-state index in [2.05, 4.69) is 5.32 Å². The summed E-state index contributed by atoms with van der Waals surface area (Å²) in [6.45, 7) is 3.50. The Balaban J connectivity index is 1.68. The van der Waals surface area contributed by atoms with Gasteiger partial charge in [0.05, 0.1) is 18.5 Å². The van der Waals surface area contributed by atoms with E-state index in [0.717, 1.165) is 31.4 Å². The van der Waals surface area contributed by atoms with Crippen LogP contribution < -0.4 is 5.32 Å². The number of carbonyl (C=O) groups is 2. The fourth-order valence-corrected chi connectivity index (χ4v) is 4.65. The van der Waals surface area contributed by atoms with E-state index in [0.29, 0.717) is 31.1 Å². The molecule has 162 valence electrons. The molecular formula is C23H32N4O3. The lowest BCUT2D eigenvalue weighted by Crippen LogP contribution is -2.65. The largest absolute Gasteiger partial charge is 0.463 e. The molecule has 1 aliphatic heterocycles. The first kappa shape index (κ1) is 20.7. The molecule has 2 aromatic rings. The van der Waals surface area contributed by atoms with Crippen LogP contribution in [0.2, 0.25) is 0 Å². The predicted octanol–water partition coefficient (Wildman–Crippen LogP) is 2.97. The van der Waals surface area contributed by atoms with Gasteiger partial charge >= 0.3 is 0 Å². The Hall–Kier alpha value is -2.54. The van der Waals surface area contributed by atoms with E-state index < -0.39 is 5.54 Å². The van der Waals surface area contributed by atoms with Crippen LogP contribution in [0.3, 0.4) is 0 Å². The van der Waals surface area contributed by atoms with Gasteiger partial charge in [-0.15, -0.1) is 0 Å². The summed E-state index contributed by atoms with van der Waals surface area (Å²) in [7, 11) is 3.96. The lowest BCUT2D eigenvalue weighted by molar-refractivity contribution is -0.133. The smallest absolute Gasteiger partial charge is 0.271 e. The highest BCUT2D eigenvalue weighted by Gasteiger charge is 2.48. The number of rotatable bonds is 6. The molecule has 3 heterocycles. The summed E-state index contributed by atoms with van der Waals surface area (Å²) in [4.78, 5) is 30.9. The Kier molecular flexibility index (Phi) is 5.73. The van der Waals surface area contributed by atoms with Crippen LogP contribution in [0.25, 0.3) is 11.5 Å². The van der Waals surface area contributed by atoms with Crippen molar-refractivity contribution in [1.82, 2.24) is 19.7 Å². The molecule has 0 aromatic carbocycles. The standard InChI is InChI=1S/C23H32N4O3/c1-23(22(29)24-17-8-5-4-6-9-17)16-26-18(20-10-7-15-30-20)11-12-19(26)21(28)27(23)14-13-25(2)3/h7,10-12,15,17H,4-6,8-9,13-14,16H2,1-3H3,(H,24,29). The molecule has 0 bridgehead atoms. The molecule has 7 nitrogen and oxygen atoms in total. The van der Waals surface area contributed by atoms with Gasteiger partial charge < -0.3 is 24.1 Å². The fraction of sp³-hybridized carbons (Fsp3) is 0.565. The van der Waals surface area contributed by atoms with Crippen molar-refractivity contribution in [3.05, 3.63) is 36.2 Å². The normalized spacial score (nSPS) is 22.4. The summed E-state index contributed by atoms with van der Waals surface area (Å²) >= 11 is 0. The molecule has 1 saturated carbocycles. The van der Waals surface area contributed by atoms with Gasteiger partial charge in [0.15, 0.2) is 0 Å². The highest BCUT2D eigenvalue weighted by Crippen LogP contribution is 2.33. The van der Waals surface area contributed by atoms with E-state index in [9.17, 15) is 9.59 Å². The molecule has 2 amide bonds. The zero-order valence-corrected chi connectivity index (χ0v) is 18.2. The lowest BCUT2D eigenvalue weighted by Gasteiger charge is -2.45. The van der Waals surface area contributed by atoms with Gasteiger partial charge in [0, 0.05) is 19.1 Å². The Bertz CT molecular complexity index is 896. The molecule has 0 radical (unpaired) electrons. The lowest BCUT2D eigenvalue weighted by atomic mass is 9.91. The second-order valence-corrected chi connectivity index (χ2v) is 9.01. The van der Waals surface area contributed by atoms with Gasteiger partial charge in [0.25, 0.3) is 5.91 Å². The summed E-state index contributed by atoms with van der Waals surface area (Å²) < 4.78 is 7.52. The van der Waals surface area contributed by atoms with E-state index in [1.165, 1.54) is 6.42 Å². The molecule has 1 N–H and O–H groups in total. The van der Waals surface area contributed by atoms with Crippen LogP contribution in [0.15, 0.2) is 34.9 Å². The Morgan fingerprint density at radius 2 is 1.93 bits per heavy atom.